The molecule has 0 aliphatic carbocycles. The minimum atomic E-state index is -0.426. The fourth-order valence-corrected chi connectivity index (χ4v) is 4.61. The molecule has 34 heavy (non-hydrogen) atoms. The summed E-state index contributed by atoms with van der Waals surface area (Å²) in [6, 6.07) is 20.0. The van der Waals surface area contributed by atoms with Gasteiger partial charge in [0.1, 0.15) is 0 Å². The van der Waals surface area contributed by atoms with Crippen molar-refractivity contribution >= 4 is 29.1 Å². The average Bonchev–Trinajstić information content (AvgIpc) is 3.41. The average molecular weight is 469 g/mol. The maximum Gasteiger partial charge on any atom is 0.261 e. The highest BCUT2D eigenvalue weighted by atomic mass is 32.1. The van der Waals surface area contributed by atoms with Crippen molar-refractivity contribution in [1.29, 1.82) is 0 Å². The molecule has 168 valence electrons. The third-order valence-corrected chi connectivity index (χ3v) is 6.40. The minimum absolute atomic E-state index is 0.0872. The van der Waals surface area contributed by atoms with Gasteiger partial charge < -0.3 is 5.32 Å². The van der Waals surface area contributed by atoms with Crippen LogP contribution < -0.4 is 5.32 Å². The Morgan fingerprint density at radius 3 is 2.50 bits per heavy atom. The van der Waals surface area contributed by atoms with Gasteiger partial charge in [-0.25, -0.2) is 4.98 Å². The number of fused-ring (bicyclic) bond motifs is 1. The Balaban J connectivity index is 1.23. The second kappa shape index (κ2) is 9.36. The molecule has 1 N–H and O–H groups in total. The molecule has 0 bridgehead atoms. The highest BCUT2D eigenvalue weighted by Crippen LogP contribution is 2.25. The van der Waals surface area contributed by atoms with Gasteiger partial charge in [0, 0.05) is 23.6 Å². The summed E-state index contributed by atoms with van der Waals surface area (Å²) in [7, 11) is 0. The number of benzene rings is 2. The summed E-state index contributed by atoms with van der Waals surface area (Å²) in [5, 5.41) is 5.75. The standard InChI is InChI=1S/C26H20N4O3S/c31-24(28-14-20-16-34-23(29-20)12-17-6-2-1-3-7-17)18-9-10-21-22(13-18)26(33)30(25(21)32)15-19-8-4-5-11-27-19/h1-11,13,16H,12,14-15H2,(H,28,31). The van der Waals surface area contributed by atoms with E-state index in [1.807, 2.05) is 23.6 Å². The first-order chi connectivity index (χ1) is 16.6. The van der Waals surface area contributed by atoms with Gasteiger partial charge in [-0.05, 0) is 35.9 Å². The summed E-state index contributed by atoms with van der Waals surface area (Å²) in [4.78, 5) is 48.2. The van der Waals surface area contributed by atoms with Crippen molar-refractivity contribution in [2.45, 2.75) is 19.5 Å². The van der Waals surface area contributed by atoms with Gasteiger partial charge in [-0.3, -0.25) is 24.3 Å². The Labute approximate surface area is 200 Å². The first-order valence-corrected chi connectivity index (χ1v) is 11.6. The Hall–Kier alpha value is -4.17. The number of carbonyl (C=O) groups is 3. The molecule has 2 aromatic carbocycles. The van der Waals surface area contributed by atoms with Crippen LogP contribution >= 0.6 is 11.3 Å². The van der Waals surface area contributed by atoms with Crippen LogP contribution in [0.15, 0.2) is 78.3 Å². The molecule has 0 saturated carbocycles. The van der Waals surface area contributed by atoms with Gasteiger partial charge in [-0.1, -0.05) is 36.4 Å². The quantitative estimate of drug-likeness (QED) is 0.416. The molecule has 3 heterocycles. The number of amides is 3. The number of nitrogens with one attached hydrogen (secondary N) is 1. The number of imide groups is 1. The van der Waals surface area contributed by atoms with E-state index in [0.29, 0.717) is 16.8 Å². The minimum Gasteiger partial charge on any atom is -0.346 e. The van der Waals surface area contributed by atoms with E-state index in [0.717, 1.165) is 22.0 Å². The zero-order valence-corrected chi connectivity index (χ0v) is 18.9. The molecule has 2 aromatic heterocycles. The van der Waals surface area contributed by atoms with Gasteiger partial charge in [0.2, 0.25) is 0 Å². The lowest BCUT2D eigenvalue weighted by Gasteiger charge is -2.12. The molecule has 0 atom stereocenters. The van der Waals surface area contributed by atoms with Crippen molar-refractivity contribution in [2.75, 3.05) is 0 Å². The zero-order valence-electron chi connectivity index (χ0n) is 18.1. The highest BCUT2D eigenvalue weighted by Gasteiger charge is 2.36. The van der Waals surface area contributed by atoms with E-state index in [1.54, 1.807) is 41.8 Å². The topological polar surface area (TPSA) is 92.3 Å². The number of thiazole rings is 1. The molecule has 0 spiro atoms. The van der Waals surface area contributed by atoms with Crippen LogP contribution in [0.3, 0.4) is 0 Å². The van der Waals surface area contributed by atoms with Gasteiger partial charge in [-0.15, -0.1) is 11.3 Å². The maximum atomic E-state index is 12.9. The van der Waals surface area contributed by atoms with E-state index >= 15 is 0 Å². The van der Waals surface area contributed by atoms with Crippen LogP contribution in [-0.2, 0) is 19.5 Å². The molecular formula is C26H20N4O3S. The first kappa shape index (κ1) is 21.7. The van der Waals surface area contributed by atoms with Gasteiger partial charge in [-0.2, -0.15) is 0 Å². The Morgan fingerprint density at radius 2 is 1.71 bits per heavy atom. The number of pyridine rings is 1. The molecule has 0 radical (unpaired) electrons. The number of carbonyl (C=O) groups excluding carboxylic acids is 3. The lowest BCUT2D eigenvalue weighted by atomic mass is 10.1. The van der Waals surface area contributed by atoms with Crippen molar-refractivity contribution in [3.8, 4) is 0 Å². The Bertz CT molecular complexity index is 1370. The molecule has 7 nitrogen and oxygen atoms in total. The van der Waals surface area contributed by atoms with Crippen LogP contribution in [0.25, 0.3) is 0 Å². The van der Waals surface area contributed by atoms with E-state index in [9.17, 15) is 14.4 Å². The number of aromatic nitrogens is 2. The van der Waals surface area contributed by atoms with Gasteiger partial charge >= 0.3 is 0 Å². The van der Waals surface area contributed by atoms with Crippen LogP contribution in [-0.4, -0.2) is 32.6 Å². The molecule has 5 rings (SSSR count). The van der Waals surface area contributed by atoms with E-state index in [-0.39, 0.29) is 30.5 Å². The Morgan fingerprint density at radius 1 is 0.912 bits per heavy atom. The SMILES string of the molecule is O=C(NCc1csc(Cc2ccccc2)n1)c1ccc2c(c1)C(=O)N(Cc1ccccn1)C2=O. The number of rotatable bonds is 7. The first-order valence-electron chi connectivity index (χ1n) is 10.7. The largest absolute Gasteiger partial charge is 0.346 e. The highest BCUT2D eigenvalue weighted by molar-refractivity contribution is 7.09. The Kier molecular flexibility index (Phi) is 5.97. The van der Waals surface area contributed by atoms with Crippen molar-refractivity contribution in [1.82, 2.24) is 20.2 Å². The molecule has 1 aliphatic heterocycles. The van der Waals surface area contributed by atoms with Crippen LogP contribution in [0, 0.1) is 0 Å². The van der Waals surface area contributed by atoms with E-state index in [2.05, 4.69) is 27.4 Å². The zero-order chi connectivity index (χ0) is 23.5. The fourth-order valence-electron chi connectivity index (χ4n) is 3.78. The molecule has 0 fully saturated rings. The summed E-state index contributed by atoms with van der Waals surface area (Å²) >= 11 is 1.55. The summed E-state index contributed by atoms with van der Waals surface area (Å²) in [6.07, 6.45) is 2.36. The van der Waals surface area contributed by atoms with Gasteiger partial charge in [0.25, 0.3) is 17.7 Å². The van der Waals surface area contributed by atoms with Crippen LogP contribution in [0.2, 0.25) is 0 Å². The molecule has 0 saturated heterocycles. The van der Waals surface area contributed by atoms with Gasteiger partial charge in [0.05, 0.1) is 40.6 Å². The molecule has 8 heteroatoms. The van der Waals surface area contributed by atoms with Crippen molar-refractivity contribution in [3.05, 3.63) is 117 Å². The van der Waals surface area contributed by atoms with E-state index in [4.69, 9.17) is 0 Å². The number of hydrogen-bond acceptors (Lipinski definition) is 6. The molecule has 4 aromatic rings. The molecule has 3 amide bonds. The summed E-state index contributed by atoms with van der Waals surface area (Å²) in [5.74, 6) is -1.14. The van der Waals surface area contributed by atoms with Crippen LogP contribution in [0.5, 0.6) is 0 Å². The van der Waals surface area contributed by atoms with Crippen molar-refractivity contribution < 1.29 is 14.4 Å². The summed E-state index contributed by atoms with van der Waals surface area (Å²) in [5.41, 5.74) is 3.42. The normalized spacial score (nSPS) is 12.6. The second-order valence-corrected chi connectivity index (χ2v) is 8.80. The molecule has 1 aliphatic rings. The predicted molar refractivity (Wildman–Crippen MR) is 127 cm³/mol. The van der Waals surface area contributed by atoms with Crippen LogP contribution in [0.4, 0.5) is 0 Å². The lowest BCUT2D eigenvalue weighted by molar-refractivity contribution is 0.0640. The van der Waals surface area contributed by atoms with Crippen LogP contribution in [0.1, 0.15) is 53.0 Å². The molecular weight excluding hydrogens is 448 g/mol. The van der Waals surface area contributed by atoms with Gasteiger partial charge in [0.15, 0.2) is 0 Å². The lowest BCUT2D eigenvalue weighted by Crippen LogP contribution is -2.29. The fraction of sp³-hybridized carbons (Fsp3) is 0.115. The summed E-state index contributed by atoms with van der Waals surface area (Å²) in [6.45, 7) is 0.365. The van der Waals surface area contributed by atoms with E-state index in [1.165, 1.54) is 17.7 Å². The summed E-state index contributed by atoms with van der Waals surface area (Å²) < 4.78 is 0. The predicted octanol–water partition coefficient (Wildman–Crippen LogP) is 3.86. The third-order valence-electron chi connectivity index (χ3n) is 5.51. The van der Waals surface area contributed by atoms with Crippen molar-refractivity contribution in [3.63, 3.8) is 0 Å². The smallest absolute Gasteiger partial charge is 0.261 e. The third kappa shape index (κ3) is 4.49. The number of hydrogen-bond donors (Lipinski definition) is 1. The maximum absolute atomic E-state index is 12.9. The number of nitrogens with zero attached hydrogens (tertiary/aromatic N) is 3. The molecule has 0 unspecified atom stereocenters. The monoisotopic (exact) mass is 468 g/mol. The van der Waals surface area contributed by atoms with Crippen molar-refractivity contribution in [2.24, 2.45) is 0 Å². The second-order valence-electron chi connectivity index (χ2n) is 7.86. The van der Waals surface area contributed by atoms with E-state index < -0.39 is 5.91 Å².